The summed E-state index contributed by atoms with van der Waals surface area (Å²) in [5, 5.41) is 1.11. The molecule has 1 N–H and O–H groups in total. The van der Waals surface area contributed by atoms with Crippen LogP contribution in [0.3, 0.4) is 0 Å². The van der Waals surface area contributed by atoms with Crippen LogP contribution in [-0.4, -0.2) is 56.6 Å². The summed E-state index contributed by atoms with van der Waals surface area (Å²) in [5.74, 6) is 1.30. The van der Waals surface area contributed by atoms with E-state index < -0.39 is 0 Å². The number of aromatic nitrogens is 5. The van der Waals surface area contributed by atoms with Crippen LogP contribution >= 0.6 is 0 Å². The fourth-order valence-corrected chi connectivity index (χ4v) is 3.84. The van der Waals surface area contributed by atoms with Crippen LogP contribution in [0.15, 0.2) is 59.9 Å². The topological polar surface area (TPSA) is 109 Å². The molecule has 0 radical (unpaired) electrons. The number of para-hydroxylation sites is 1. The first-order chi connectivity index (χ1) is 16.7. The zero-order valence-electron chi connectivity index (χ0n) is 18.7. The van der Waals surface area contributed by atoms with Crippen LogP contribution in [0.1, 0.15) is 29.9 Å². The van der Waals surface area contributed by atoms with Gasteiger partial charge in [-0.15, -0.1) is 0 Å². The zero-order chi connectivity index (χ0) is 23.2. The van der Waals surface area contributed by atoms with E-state index in [0.29, 0.717) is 57.3 Å². The number of nitrogens with one attached hydrogen (secondary N) is 1. The highest BCUT2D eigenvalue weighted by Gasteiger charge is 2.20. The third-order valence-electron chi connectivity index (χ3n) is 5.65. The Morgan fingerprint density at radius 3 is 2.76 bits per heavy atom. The van der Waals surface area contributed by atoms with Gasteiger partial charge >= 0.3 is 6.01 Å². The number of Topliss-reactive ketones (excluding diaryl/α,β-unsaturated/α-hetero) is 1. The van der Waals surface area contributed by atoms with E-state index in [-0.39, 0.29) is 11.8 Å². The van der Waals surface area contributed by atoms with Crippen molar-refractivity contribution in [1.29, 1.82) is 0 Å². The predicted molar refractivity (Wildman–Crippen MR) is 129 cm³/mol. The Balaban J connectivity index is 1.32. The molecule has 0 saturated carbocycles. The summed E-state index contributed by atoms with van der Waals surface area (Å²) in [6, 6.07) is 14.1. The van der Waals surface area contributed by atoms with E-state index in [1.54, 1.807) is 6.20 Å². The maximum absolute atomic E-state index is 11.7. The molecule has 1 aliphatic heterocycles. The third-order valence-corrected chi connectivity index (χ3v) is 5.65. The number of nitrogens with zero attached hydrogens (tertiary/aromatic N) is 6. The number of pyridine rings is 1. The van der Waals surface area contributed by atoms with Gasteiger partial charge in [0.2, 0.25) is 5.95 Å². The molecule has 5 rings (SSSR count). The van der Waals surface area contributed by atoms with Gasteiger partial charge in [0.1, 0.15) is 5.78 Å². The number of fused-ring (bicyclic) bond motifs is 1. The summed E-state index contributed by atoms with van der Waals surface area (Å²) in [5.41, 5.74) is 3.01. The molecule has 1 aliphatic rings. The lowest BCUT2D eigenvalue weighted by Crippen LogP contribution is -2.35. The van der Waals surface area contributed by atoms with E-state index in [4.69, 9.17) is 4.74 Å². The molecule has 4 heterocycles. The van der Waals surface area contributed by atoms with Crippen LogP contribution in [0.5, 0.6) is 6.01 Å². The molecule has 9 heteroatoms. The number of hydrogen-bond donors (Lipinski definition) is 1. The lowest BCUT2D eigenvalue weighted by molar-refractivity contribution is -0.119. The second-order valence-corrected chi connectivity index (χ2v) is 8.04. The number of rotatable bonds is 8. The first kappa shape index (κ1) is 21.7. The summed E-state index contributed by atoms with van der Waals surface area (Å²) in [7, 11) is 0. The predicted octanol–water partition coefficient (Wildman–Crippen LogP) is 3.16. The Labute approximate surface area is 197 Å². The molecule has 0 unspecified atom stereocenters. The number of ether oxygens (including phenoxy) is 1. The molecule has 9 nitrogen and oxygen atoms in total. The summed E-state index contributed by atoms with van der Waals surface area (Å²) >= 11 is 0. The largest absolute Gasteiger partial charge is 0.463 e. The average molecular weight is 456 g/mol. The summed E-state index contributed by atoms with van der Waals surface area (Å²) in [4.78, 5) is 39.4. The minimum absolute atomic E-state index is 0.259. The monoisotopic (exact) mass is 455 g/mol. The van der Waals surface area contributed by atoms with Crippen LogP contribution in [0.2, 0.25) is 0 Å². The van der Waals surface area contributed by atoms with Crippen LogP contribution in [0, 0.1) is 0 Å². The van der Waals surface area contributed by atoms with Crippen molar-refractivity contribution in [1.82, 2.24) is 24.9 Å². The Kier molecular flexibility index (Phi) is 6.51. The van der Waals surface area contributed by atoms with E-state index >= 15 is 0 Å². The summed E-state index contributed by atoms with van der Waals surface area (Å²) in [6.45, 7) is 1.87. The molecule has 0 amide bonds. The van der Waals surface area contributed by atoms with Gasteiger partial charge in [-0.25, -0.2) is 0 Å². The van der Waals surface area contributed by atoms with E-state index in [1.807, 2.05) is 53.7 Å². The van der Waals surface area contributed by atoms with Crippen LogP contribution in [0.25, 0.3) is 10.9 Å². The van der Waals surface area contributed by atoms with Gasteiger partial charge in [-0.05, 0) is 18.2 Å². The lowest BCUT2D eigenvalue weighted by atomic mass is 10.1. The Morgan fingerprint density at radius 1 is 1.06 bits per heavy atom. The molecular weight excluding hydrogens is 430 g/mol. The van der Waals surface area contributed by atoms with Gasteiger partial charge in [0.25, 0.3) is 0 Å². The molecule has 0 aliphatic carbocycles. The number of ketones is 1. The van der Waals surface area contributed by atoms with Crippen molar-refractivity contribution in [2.24, 2.45) is 4.99 Å². The highest BCUT2D eigenvalue weighted by Crippen LogP contribution is 2.18. The van der Waals surface area contributed by atoms with Gasteiger partial charge < -0.3 is 14.6 Å². The molecule has 0 spiro atoms. The smallest absolute Gasteiger partial charge is 0.321 e. The minimum atomic E-state index is 0.259. The molecule has 1 saturated heterocycles. The Hall–Kier alpha value is -4.14. The molecular formula is C25H25N7O2. The minimum Gasteiger partial charge on any atom is -0.463 e. The Morgan fingerprint density at radius 2 is 1.91 bits per heavy atom. The van der Waals surface area contributed by atoms with Crippen molar-refractivity contribution < 1.29 is 9.53 Å². The van der Waals surface area contributed by atoms with Gasteiger partial charge in [0.05, 0.1) is 13.2 Å². The zero-order valence-corrected chi connectivity index (χ0v) is 18.7. The number of hydrogen-bond acceptors (Lipinski definition) is 8. The molecule has 1 aromatic carbocycles. The van der Waals surface area contributed by atoms with Gasteiger partial charge in [0, 0.05) is 73.1 Å². The first-order valence-electron chi connectivity index (χ1n) is 11.3. The van der Waals surface area contributed by atoms with E-state index in [1.165, 1.54) is 0 Å². The van der Waals surface area contributed by atoms with Crippen molar-refractivity contribution in [2.45, 2.75) is 25.8 Å². The van der Waals surface area contributed by atoms with Gasteiger partial charge in [0.15, 0.2) is 5.82 Å². The first-order valence-corrected chi connectivity index (χ1v) is 11.3. The number of aromatic amines is 1. The highest BCUT2D eigenvalue weighted by atomic mass is 16.5. The molecule has 4 aromatic rings. The fourth-order valence-electron chi connectivity index (χ4n) is 3.84. The van der Waals surface area contributed by atoms with Crippen LogP contribution < -0.4 is 9.64 Å². The Bertz CT molecular complexity index is 1290. The van der Waals surface area contributed by atoms with Crippen LogP contribution in [0.4, 0.5) is 5.95 Å². The van der Waals surface area contributed by atoms with Crippen molar-refractivity contribution in [2.75, 3.05) is 24.6 Å². The second-order valence-electron chi connectivity index (χ2n) is 8.04. The van der Waals surface area contributed by atoms with Gasteiger partial charge in [-0.2, -0.15) is 15.0 Å². The normalized spacial score (nSPS) is 14.2. The van der Waals surface area contributed by atoms with E-state index in [9.17, 15) is 4.79 Å². The van der Waals surface area contributed by atoms with E-state index in [2.05, 4.69) is 36.0 Å². The number of H-pyrrole nitrogens is 1. The van der Waals surface area contributed by atoms with Gasteiger partial charge in [-0.3, -0.25) is 14.8 Å². The van der Waals surface area contributed by atoms with Crippen molar-refractivity contribution in [3.8, 4) is 6.01 Å². The molecule has 172 valence electrons. The number of carbonyl (C=O) groups excluding carboxylic acids is 1. The third kappa shape index (κ3) is 5.25. The molecule has 0 bridgehead atoms. The SMILES string of the molecule is O=C1CCN(c2nc(CN=Cc3c[nH]c4ccccc34)nc(OCCc3ccccn3)n2)CC1. The standard InChI is InChI=1S/C25H25N7O2/c33-20-8-12-32(13-9-20)24-29-23(17-26-15-18-16-28-22-7-2-1-6-21(18)22)30-25(31-24)34-14-10-19-5-3-4-11-27-19/h1-7,11,15-16,28H,8-10,12-14,17H2. The fraction of sp³-hybridized carbons (Fsp3) is 0.280. The average Bonchev–Trinajstić information content (AvgIpc) is 3.28. The molecule has 3 aromatic heterocycles. The number of benzene rings is 1. The number of aliphatic imine (C=N–C) groups is 1. The second kappa shape index (κ2) is 10.2. The number of anilines is 1. The number of carbonyl (C=O) groups is 1. The lowest BCUT2D eigenvalue weighted by Gasteiger charge is -2.26. The molecule has 1 fully saturated rings. The van der Waals surface area contributed by atoms with Crippen LogP contribution in [-0.2, 0) is 17.8 Å². The molecule has 0 atom stereocenters. The van der Waals surface area contributed by atoms with Gasteiger partial charge in [-0.1, -0.05) is 24.3 Å². The van der Waals surface area contributed by atoms with Crippen molar-refractivity contribution in [3.63, 3.8) is 0 Å². The summed E-state index contributed by atoms with van der Waals surface area (Å²) < 4.78 is 5.86. The maximum atomic E-state index is 11.7. The van der Waals surface area contributed by atoms with Crippen molar-refractivity contribution in [3.05, 3.63) is 71.9 Å². The summed E-state index contributed by atoms with van der Waals surface area (Å²) in [6.07, 6.45) is 7.16. The number of piperidine rings is 1. The van der Waals surface area contributed by atoms with E-state index in [0.717, 1.165) is 22.2 Å². The maximum Gasteiger partial charge on any atom is 0.321 e. The quantitative estimate of drug-likeness (QED) is 0.407. The highest BCUT2D eigenvalue weighted by molar-refractivity contribution is 5.98. The van der Waals surface area contributed by atoms with Crippen molar-refractivity contribution >= 4 is 28.8 Å². The molecule has 34 heavy (non-hydrogen) atoms.